The Morgan fingerprint density at radius 3 is 2.67 bits per heavy atom. The summed E-state index contributed by atoms with van der Waals surface area (Å²) in [5.74, 6) is 1.67. The number of nitrogens with one attached hydrogen (secondary N) is 1. The summed E-state index contributed by atoms with van der Waals surface area (Å²) in [6.45, 7) is 4.16. The van der Waals surface area contributed by atoms with Gasteiger partial charge in [-0.25, -0.2) is 0 Å². The molecule has 1 heterocycles. The molecule has 4 heteroatoms. The first kappa shape index (κ1) is 16.8. The summed E-state index contributed by atoms with van der Waals surface area (Å²) in [5.41, 5.74) is 2.05. The summed E-state index contributed by atoms with van der Waals surface area (Å²) in [7, 11) is 0. The molecule has 2 aromatic rings. The molecule has 0 spiro atoms. The molecule has 2 N–H and O–H groups in total. The summed E-state index contributed by atoms with van der Waals surface area (Å²) >= 11 is 0. The zero-order valence-electron chi connectivity index (χ0n) is 14.1. The largest absolute Gasteiger partial charge is 0.490 e. The van der Waals surface area contributed by atoms with Gasteiger partial charge in [0.15, 0.2) is 11.5 Å². The van der Waals surface area contributed by atoms with Gasteiger partial charge in [0, 0.05) is 24.6 Å². The van der Waals surface area contributed by atoms with Crippen LogP contribution in [-0.4, -0.2) is 24.4 Å². The highest BCUT2D eigenvalue weighted by atomic mass is 16.5. The normalized spacial score (nSPS) is 16.2. The third-order valence-electron chi connectivity index (χ3n) is 4.26. The van der Waals surface area contributed by atoms with Gasteiger partial charge in [-0.2, -0.15) is 0 Å². The molecule has 0 saturated carbocycles. The van der Waals surface area contributed by atoms with Crippen molar-refractivity contribution in [2.24, 2.45) is 0 Å². The SMILES string of the molecule is CC(CC(O)c1ccccc1)NCc1cccc2c1OCCCO2. The van der Waals surface area contributed by atoms with Crippen LogP contribution < -0.4 is 14.8 Å². The smallest absolute Gasteiger partial charge is 0.165 e. The molecule has 0 fully saturated rings. The van der Waals surface area contributed by atoms with Crippen LogP contribution in [0.4, 0.5) is 0 Å². The van der Waals surface area contributed by atoms with Crippen LogP contribution in [0.3, 0.4) is 0 Å². The molecule has 0 aromatic heterocycles. The Kier molecular flexibility index (Phi) is 5.72. The minimum Gasteiger partial charge on any atom is -0.490 e. The topological polar surface area (TPSA) is 50.7 Å². The summed E-state index contributed by atoms with van der Waals surface area (Å²) in [4.78, 5) is 0. The van der Waals surface area contributed by atoms with Crippen molar-refractivity contribution in [1.29, 1.82) is 0 Å². The standard InChI is InChI=1S/C20H25NO3/c1-15(13-18(22)16-7-3-2-4-8-16)21-14-17-9-5-10-19-20(17)24-12-6-11-23-19/h2-5,7-10,15,18,21-22H,6,11-14H2,1H3. The predicted molar refractivity (Wildman–Crippen MR) is 94.4 cm³/mol. The number of aliphatic hydroxyl groups excluding tert-OH is 1. The zero-order valence-corrected chi connectivity index (χ0v) is 14.1. The maximum Gasteiger partial charge on any atom is 0.165 e. The van der Waals surface area contributed by atoms with Crippen molar-refractivity contribution in [1.82, 2.24) is 5.32 Å². The maximum absolute atomic E-state index is 10.3. The highest BCUT2D eigenvalue weighted by molar-refractivity contribution is 5.47. The van der Waals surface area contributed by atoms with E-state index in [0.29, 0.717) is 26.2 Å². The van der Waals surface area contributed by atoms with Gasteiger partial charge in [-0.1, -0.05) is 42.5 Å². The molecule has 0 saturated heterocycles. The van der Waals surface area contributed by atoms with Crippen molar-refractivity contribution in [3.8, 4) is 11.5 Å². The Morgan fingerprint density at radius 2 is 1.83 bits per heavy atom. The van der Waals surface area contributed by atoms with E-state index < -0.39 is 6.10 Å². The van der Waals surface area contributed by atoms with Crippen LogP contribution in [0, 0.1) is 0 Å². The predicted octanol–water partition coefficient (Wildman–Crippen LogP) is 3.45. The van der Waals surface area contributed by atoms with Crippen LogP contribution in [-0.2, 0) is 6.54 Å². The Hall–Kier alpha value is -2.04. The van der Waals surface area contributed by atoms with Gasteiger partial charge in [0.1, 0.15) is 0 Å². The summed E-state index contributed by atoms with van der Waals surface area (Å²) in [5, 5.41) is 13.8. The third kappa shape index (κ3) is 4.28. The fraction of sp³-hybridized carbons (Fsp3) is 0.400. The Labute approximate surface area is 143 Å². The van der Waals surface area contributed by atoms with E-state index in [2.05, 4.69) is 18.3 Å². The number of hydrogen-bond acceptors (Lipinski definition) is 4. The number of rotatable bonds is 6. The molecule has 1 aliphatic rings. The molecule has 4 nitrogen and oxygen atoms in total. The Bertz CT molecular complexity index is 645. The summed E-state index contributed by atoms with van der Waals surface area (Å²) in [6, 6.07) is 16.0. The average Bonchev–Trinajstić information content (AvgIpc) is 2.86. The van der Waals surface area contributed by atoms with Crippen molar-refractivity contribution in [2.75, 3.05) is 13.2 Å². The van der Waals surface area contributed by atoms with E-state index >= 15 is 0 Å². The molecule has 1 aliphatic heterocycles. The quantitative estimate of drug-likeness (QED) is 0.853. The van der Waals surface area contributed by atoms with E-state index in [1.807, 2.05) is 42.5 Å². The number of aliphatic hydroxyl groups is 1. The number of benzene rings is 2. The van der Waals surface area contributed by atoms with Crippen molar-refractivity contribution >= 4 is 0 Å². The van der Waals surface area contributed by atoms with Gasteiger partial charge in [0.2, 0.25) is 0 Å². The molecule has 2 unspecified atom stereocenters. The minimum atomic E-state index is -0.457. The number of fused-ring (bicyclic) bond motifs is 1. The molecule has 0 aliphatic carbocycles. The van der Waals surface area contributed by atoms with E-state index in [-0.39, 0.29) is 6.04 Å². The van der Waals surface area contributed by atoms with Crippen molar-refractivity contribution < 1.29 is 14.6 Å². The van der Waals surface area contributed by atoms with Gasteiger partial charge in [-0.05, 0) is 25.0 Å². The van der Waals surface area contributed by atoms with Crippen LogP contribution >= 0.6 is 0 Å². The molecule has 0 radical (unpaired) electrons. The second-order valence-corrected chi connectivity index (χ2v) is 6.24. The molecule has 3 rings (SSSR count). The lowest BCUT2D eigenvalue weighted by Crippen LogP contribution is -2.27. The summed E-state index contributed by atoms with van der Waals surface area (Å²) < 4.78 is 11.6. The van der Waals surface area contributed by atoms with Crippen LogP contribution in [0.15, 0.2) is 48.5 Å². The lowest BCUT2D eigenvalue weighted by Gasteiger charge is -2.19. The number of ether oxygens (including phenoxy) is 2. The van der Waals surface area contributed by atoms with E-state index in [9.17, 15) is 5.11 Å². The van der Waals surface area contributed by atoms with E-state index in [1.54, 1.807) is 0 Å². The highest BCUT2D eigenvalue weighted by Crippen LogP contribution is 2.33. The van der Waals surface area contributed by atoms with E-state index in [4.69, 9.17) is 9.47 Å². The van der Waals surface area contributed by atoms with Gasteiger partial charge >= 0.3 is 0 Å². The van der Waals surface area contributed by atoms with Crippen LogP contribution in [0.2, 0.25) is 0 Å². The maximum atomic E-state index is 10.3. The highest BCUT2D eigenvalue weighted by Gasteiger charge is 2.16. The van der Waals surface area contributed by atoms with Gasteiger partial charge in [-0.15, -0.1) is 0 Å². The van der Waals surface area contributed by atoms with Crippen molar-refractivity contribution in [2.45, 2.75) is 38.5 Å². The molecule has 128 valence electrons. The van der Waals surface area contributed by atoms with Crippen molar-refractivity contribution in [3.05, 3.63) is 59.7 Å². The Morgan fingerprint density at radius 1 is 1.04 bits per heavy atom. The average molecular weight is 327 g/mol. The van der Waals surface area contributed by atoms with Gasteiger partial charge in [0.05, 0.1) is 19.3 Å². The zero-order chi connectivity index (χ0) is 16.8. The van der Waals surface area contributed by atoms with Crippen LogP contribution in [0.5, 0.6) is 11.5 Å². The van der Waals surface area contributed by atoms with Gasteiger partial charge < -0.3 is 19.9 Å². The lowest BCUT2D eigenvalue weighted by molar-refractivity contribution is 0.153. The monoisotopic (exact) mass is 327 g/mol. The fourth-order valence-electron chi connectivity index (χ4n) is 2.91. The van der Waals surface area contributed by atoms with Gasteiger partial charge in [-0.3, -0.25) is 0 Å². The fourth-order valence-corrected chi connectivity index (χ4v) is 2.91. The number of para-hydroxylation sites is 1. The van der Waals surface area contributed by atoms with Crippen LogP contribution in [0.25, 0.3) is 0 Å². The molecular formula is C20H25NO3. The number of hydrogen-bond donors (Lipinski definition) is 2. The second-order valence-electron chi connectivity index (χ2n) is 6.24. The minimum absolute atomic E-state index is 0.183. The molecule has 0 bridgehead atoms. The molecule has 2 aromatic carbocycles. The second kappa shape index (κ2) is 8.18. The third-order valence-corrected chi connectivity index (χ3v) is 4.26. The lowest BCUT2D eigenvalue weighted by atomic mass is 10.0. The first-order valence-electron chi connectivity index (χ1n) is 8.58. The van der Waals surface area contributed by atoms with Crippen molar-refractivity contribution in [3.63, 3.8) is 0 Å². The van der Waals surface area contributed by atoms with Gasteiger partial charge in [0.25, 0.3) is 0 Å². The van der Waals surface area contributed by atoms with Crippen LogP contribution in [0.1, 0.15) is 37.0 Å². The first-order chi connectivity index (χ1) is 11.7. The molecule has 24 heavy (non-hydrogen) atoms. The first-order valence-corrected chi connectivity index (χ1v) is 8.58. The van der Waals surface area contributed by atoms with E-state index in [1.165, 1.54) is 0 Å². The summed E-state index contributed by atoms with van der Waals surface area (Å²) in [6.07, 6.45) is 1.11. The Balaban J connectivity index is 1.58. The molecular weight excluding hydrogens is 302 g/mol. The molecule has 0 amide bonds. The van der Waals surface area contributed by atoms with E-state index in [0.717, 1.165) is 29.0 Å². The molecule has 2 atom stereocenters.